The number of hydrogen-bond acceptors (Lipinski definition) is 2. The average Bonchev–Trinajstić information content (AvgIpc) is 2.01. The van der Waals surface area contributed by atoms with E-state index in [4.69, 9.17) is 17.3 Å². The van der Waals surface area contributed by atoms with Crippen LogP contribution in [0.25, 0.3) is 0 Å². The summed E-state index contributed by atoms with van der Waals surface area (Å²) < 4.78 is 13.4. The molecule has 3 N–H and O–H groups in total. The Morgan fingerprint density at radius 1 is 1.43 bits per heavy atom. The number of hydrogen-bond donors (Lipinski definition) is 2. The topological polar surface area (TPSA) is 38.0 Å². The van der Waals surface area contributed by atoms with Crippen molar-refractivity contribution in [3.63, 3.8) is 0 Å². The minimum Gasteiger partial charge on any atom is -0.319 e. The summed E-state index contributed by atoms with van der Waals surface area (Å²) in [5, 5.41) is 3.41. The van der Waals surface area contributed by atoms with Crippen LogP contribution in [0.2, 0.25) is 5.02 Å². The van der Waals surface area contributed by atoms with Gasteiger partial charge in [-0.1, -0.05) is 17.7 Å². The summed E-state index contributed by atoms with van der Waals surface area (Å²) in [5.74, 6) is -0.323. The first-order valence-corrected chi connectivity index (χ1v) is 4.45. The van der Waals surface area contributed by atoms with E-state index < -0.39 is 5.54 Å². The Morgan fingerprint density at radius 2 is 2.07 bits per heavy atom. The fourth-order valence-electron chi connectivity index (χ4n) is 1.54. The lowest BCUT2D eigenvalue weighted by Gasteiger charge is -2.40. The van der Waals surface area contributed by atoms with Crippen LogP contribution in [0, 0.1) is 5.82 Å². The third kappa shape index (κ3) is 1.73. The van der Waals surface area contributed by atoms with Crippen LogP contribution >= 0.6 is 24.0 Å². The van der Waals surface area contributed by atoms with Gasteiger partial charge in [0.15, 0.2) is 0 Å². The quantitative estimate of drug-likeness (QED) is 0.779. The third-order valence-electron chi connectivity index (χ3n) is 2.34. The van der Waals surface area contributed by atoms with E-state index in [0.717, 1.165) is 0 Å². The van der Waals surface area contributed by atoms with Gasteiger partial charge in [0.25, 0.3) is 0 Å². The zero-order valence-corrected chi connectivity index (χ0v) is 8.96. The number of nitrogens with two attached hydrogens (primary N) is 1. The van der Waals surface area contributed by atoms with Gasteiger partial charge in [-0.25, -0.2) is 4.39 Å². The Bertz CT molecular complexity index is 319. The summed E-state index contributed by atoms with van der Waals surface area (Å²) in [6.07, 6.45) is 0. The van der Waals surface area contributed by atoms with Gasteiger partial charge in [-0.05, 0) is 12.1 Å². The highest BCUT2D eigenvalue weighted by atomic mass is 35.5. The predicted molar refractivity (Wildman–Crippen MR) is 57.4 cm³/mol. The molecule has 0 aromatic heterocycles. The molecule has 1 saturated heterocycles. The van der Waals surface area contributed by atoms with Gasteiger partial charge in [0, 0.05) is 23.7 Å². The molecule has 1 aromatic carbocycles. The molecule has 5 heteroatoms. The Labute approximate surface area is 93.0 Å². The average molecular weight is 237 g/mol. The minimum atomic E-state index is -0.623. The monoisotopic (exact) mass is 236 g/mol. The fraction of sp³-hybridized carbons (Fsp3) is 0.333. The zero-order valence-electron chi connectivity index (χ0n) is 7.39. The number of benzene rings is 1. The first-order chi connectivity index (χ1) is 6.13. The minimum absolute atomic E-state index is 0. The van der Waals surface area contributed by atoms with Crippen molar-refractivity contribution >= 4 is 24.0 Å². The van der Waals surface area contributed by atoms with Crippen molar-refractivity contribution in [1.29, 1.82) is 0 Å². The largest absolute Gasteiger partial charge is 0.319 e. The molecular formula is C9H11Cl2FN2. The van der Waals surface area contributed by atoms with Crippen molar-refractivity contribution < 1.29 is 4.39 Å². The predicted octanol–water partition coefficient (Wildman–Crippen LogP) is 1.66. The van der Waals surface area contributed by atoms with Crippen molar-refractivity contribution in [1.82, 2.24) is 5.32 Å². The zero-order chi connectivity index (χ0) is 9.47. The first kappa shape index (κ1) is 11.7. The second kappa shape index (κ2) is 4.03. The molecule has 0 bridgehead atoms. The van der Waals surface area contributed by atoms with Gasteiger partial charge in [-0.15, -0.1) is 12.4 Å². The van der Waals surface area contributed by atoms with E-state index in [-0.39, 0.29) is 18.2 Å². The smallest absolute Gasteiger partial charge is 0.129 e. The molecule has 1 heterocycles. The first-order valence-electron chi connectivity index (χ1n) is 4.07. The third-order valence-corrected chi connectivity index (χ3v) is 2.66. The molecule has 1 fully saturated rings. The molecule has 0 unspecified atom stereocenters. The highest BCUT2D eigenvalue weighted by molar-refractivity contribution is 6.31. The Morgan fingerprint density at radius 3 is 2.50 bits per heavy atom. The molecule has 0 amide bonds. The summed E-state index contributed by atoms with van der Waals surface area (Å²) in [6, 6.07) is 4.62. The molecule has 1 aromatic rings. The standard InChI is InChI=1S/C9H10ClFN2.ClH/c10-6-2-1-3-7(11)8(6)9(12)4-13-5-9;/h1-3,13H,4-5,12H2;1H. The Kier molecular flexibility index (Phi) is 3.37. The Balaban J connectivity index is 0.000000980. The van der Waals surface area contributed by atoms with E-state index in [2.05, 4.69) is 5.32 Å². The van der Waals surface area contributed by atoms with E-state index in [1.807, 2.05) is 0 Å². The molecule has 2 nitrogen and oxygen atoms in total. The van der Waals surface area contributed by atoms with Gasteiger partial charge in [-0.2, -0.15) is 0 Å². The van der Waals surface area contributed by atoms with Crippen LogP contribution in [0.5, 0.6) is 0 Å². The number of halogens is 3. The maximum atomic E-state index is 13.4. The highest BCUT2D eigenvalue weighted by Gasteiger charge is 2.38. The van der Waals surface area contributed by atoms with Crippen LogP contribution in [0.15, 0.2) is 18.2 Å². The van der Waals surface area contributed by atoms with Gasteiger partial charge in [0.1, 0.15) is 5.82 Å². The SMILES string of the molecule is Cl.NC1(c2c(F)cccc2Cl)CNC1. The lowest BCUT2D eigenvalue weighted by Crippen LogP contribution is -2.63. The summed E-state index contributed by atoms with van der Waals surface area (Å²) in [7, 11) is 0. The van der Waals surface area contributed by atoms with Crippen LogP contribution < -0.4 is 11.1 Å². The van der Waals surface area contributed by atoms with E-state index in [1.54, 1.807) is 12.1 Å². The Hall–Kier alpha value is -0.350. The molecule has 1 aliphatic heterocycles. The second-order valence-corrected chi connectivity index (χ2v) is 3.76. The highest BCUT2D eigenvalue weighted by Crippen LogP contribution is 2.31. The molecule has 0 atom stereocenters. The van der Waals surface area contributed by atoms with E-state index in [0.29, 0.717) is 23.7 Å². The molecule has 2 rings (SSSR count). The number of nitrogens with one attached hydrogen (secondary N) is 1. The van der Waals surface area contributed by atoms with Crippen LogP contribution in [-0.2, 0) is 5.54 Å². The van der Waals surface area contributed by atoms with Crippen molar-refractivity contribution in [2.45, 2.75) is 5.54 Å². The molecule has 0 spiro atoms. The van der Waals surface area contributed by atoms with Crippen LogP contribution in [0.4, 0.5) is 4.39 Å². The lowest BCUT2D eigenvalue weighted by atomic mass is 9.85. The lowest BCUT2D eigenvalue weighted by molar-refractivity contribution is 0.278. The maximum Gasteiger partial charge on any atom is 0.129 e. The van der Waals surface area contributed by atoms with Crippen LogP contribution in [0.1, 0.15) is 5.56 Å². The van der Waals surface area contributed by atoms with Crippen molar-refractivity contribution in [3.05, 3.63) is 34.6 Å². The molecular weight excluding hydrogens is 226 g/mol. The molecule has 1 aliphatic rings. The van der Waals surface area contributed by atoms with E-state index in [9.17, 15) is 4.39 Å². The van der Waals surface area contributed by atoms with Gasteiger partial charge in [-0.3, -0.25) is 0 Å². The van der Waals surface area contributed by atoms with Gasteiger partial charge < -0.3 is 11.1 Å². The van der Waals surface area contributed by atoms with E-state index >= 15 is 0 Å². The fourth-order valence-corrected chi connectivity index (χ4v) is 1.90. The molecule has 0 aliphatic carbocycles. The van der Waals surface area contributed by atoms with Crippen LogP contribution in [-0.4, -0.2) is 13.1 Å². The summed E-state index contributed by atoms with van der Waals surface area (Å²) in [6.45, 7) is 1.15. The molecule has 78 valence electrons. The van der Waals surface area contributed by atoms with Gasteiger partial charge in [0.05, 0.1) is 5.54 Å². The van der Waals surface area contributed by atoms with Crippen molar-refractivity contribution in [3.8, 4) is 0 Å². The maximum absolute atomic E-state index is 13.4. The second-order valence-electron chi connectivity index (χ2n) is 3.36. The normalized spacial score (nSPS) is 18.2. The molecule has 0 saturated carbocycles. The summed E-state index contributed by atoms with van der Waals surface area (Å²) >= 11 is 5.88. The van der Waals surface area contributed by atoms with Gasteiger partial charge in [0.2, 0.25) is 0 Å². The molecule has 14 heavy (non-hydrogen) atoms. The van der Waals surface area contributed by atoms with E-state index in [1.165, 1.54) is 6.07 Å². The number of rotatable bonds is 1. The summed E-state index contributed by atoms with van der Waals surface area (Å²) in [5.41, 5.74) is 5.74. The van der Waals surface area contributed by atoms with Crippen LogP contribution in [0.3, 0.4) is 0 Å². The van der Waals surface area contributed by atoms with Crippen molar-refractivity contribution in [2.75, 3.05) is 13.1 Å². The summed E-state index contributed by atoms with van der Waals surface area (Å²) in [4.78, 5) is 0. The molecule has 0 radical (unpaired) electrons. The van der Waals surface area contributed by atoms with Gasteiger partial charge >= 0.3 is 0 Å². The van der Waals surface area contributed by atoms with Crippen molar-refractivity contribution in [2.24, 2.45) is 5.73 Å².